The van der Waals surface area contributed by atoms with Crippen LogP contribution in [0.3, 0.4) is 0 Å². The van der Waals surface area contributed by atoms with Gasteiger partial charge in [-0.3, -0.25) is 4.79 Å². The highest BCUT2D eigenvalue weighted by Crippen LogP contribution is 2.20. The number of hydrogen-bond donors (Lipinski definition) is 0. The summed E-state index contributed by atoms with van der Waals surface area (Å²) in [5.41, 5.74) is 0.644. The van der Waals surface area contributed by atoms with E-state index >= 15 is 0 Å². The molecule has 1 unspecified atom stereocenters. The number of aromatic nitrogens is 2. The van der Waals surface area contributed by atoms with E-state index in [2.05, 4.69) is 10.2 Å². The molecule has 0 N–H and O–H groups in total. The second-order valence-electron chi connectivity index (χ2n) is 6.38. The number of ether oxygens (including phenoxy) is 3. The van der Waals surface area contributed by atoms with Gasteiger partial charge in [0, 0.05) is 30.7 Å². The van der Waals surface area contributed by atoms with Gasteiger partial charge in [-0.25, -0.2) is 0 Å². The first-order chi connectivity index (χ1) is 12.5. The number of carbonyl (C=O) groups excluding carboxylic acids is 1. The van der Waals surface area contributed by atoms with Gasteiger partial charge in [0.1, 0.15) is 11.9 Å². The number of likely N-dealkylation sites (tertiary alicyclic amines) is 1. The molecule has 2 heterocycles. The smallest absolute Gasteiger partial charge is 0.253 e. The Bertz CT molecular complexity index is 731. The second-order valence-corrected chi connectivity index (χ2v) is 6.38. The Hall–Kier alpha value is -2.83. The van der Waals surface area contributed by atoms with Gasteiger partial charge in [0.25, 0.3) is 5.91 Å². The quantitative estimate of drug-likeness (QED) is 0.791. The Labute approximate surface area is 152 Å². The SMILES string of the molecule is COc1ccc(OC2CCN(C(=O)c3ccc(OC(C)C)cc3)C2)nn1. The molecule has 1 saturated heterocycles. The van der Waals surface area contributed by atoms with E-state index in [0.717, 1.165) is 12.2 Å². The van der Waals surface area contributed by atoms with Crippen LogP contribution in [0, 0.1) is 0 Å². The summed E-state index contributed by atoms with van der Waals surface area (Å²) in [5.74, 6) is 1.62. The third-order valence-corrected chi connectivity index (χ3v) is 4.02. The molecule has 7 nitrogen and oxygen atoms in total. The number of methoxy groups -OCH3 is 1. The van der Waals surface area contributed by atoms with Crippen LogP contribution in [0.5, 0.6) is 17.5 Å². The van der Waals surface area contributed by atoms with Crippen LogP contribution < -0.4 is 14.2 Å². The van der Waals surface area contributed by atoms with Gasteiger partial charge in [-0.05, 0) is 38.1 Å². The zero-order valence-corrected chi connectivity index (χ0v) is 15.2. The van der Waals surface area contributed by atoms with E-state index in [1.54, 1.807) is 29.2 Å². The Morgan fingerprint density at radius 1 is 1.12 bits per heavy atom. The molecule has 0 radical (unpaired) electrons. The van der Waals surface area contributed by atoms with E-state index in [-0.39, 0.29) is 18.1 Å². The summed E-state index contributed by atoms with van der Waals surface area (Å²) >= 11 is 0. The van der Waals surface area contributed by atoms with Gasteiger partial charge in [-0.2, -0.15) is 0 Å². The van der Waals surface area contributed by atoms with E-state index in [4.69, 9.17) is 14.2 Å². The number of hydrogen-bond acceptors (Lipinski definition) is 6. The zero-order valence-electron chi connectivity index (χ0n) is 15.2. The minimum Gasteiger partial charge on any atom is -0.491 e. The van der Waals surface area contributed by atoms with E-state index in [1.807, 2.05) is 26.0 Å². The fourth-order valence-electron chi connectivity index (χ4n) is 2.79. The summed E-state index contributed by atoms with van der Waals surface area (Å²) in [6.07, 6.45) is 0.771. The van der Waals surface area contributed by atoms with Crippen molar-refractivity contribution in [3.05, 3.63) is 42.0 Å². The van der Waals surface area contributed by atoms with Crippen molar-refractivity contribution in [3.8, 4) is 17.5 Å². The molecule has 26 heavy (non-hydrogen) atoms. The van der Waals surface area contributed by atoms with Gasteiger partial charge in [0.05, 0.1) is 19.8 Å². The van der Waals surface area contributed by atoms with Crippen LogP contribution in [-0.4, -0.2) is 53.4 Å². The van der Waals surface area contributed by atoms with Crippen LogP contribution in [0.4, 0.5) is 0 Å². The van der Waals surface area contributed by atoms with Gasteiger partial charge < -0.3 is 19.1 Å². The molecule has 1 aliphatic rings. The highest BCUT2D eigenvalue weighted by molar-refractivity contribution is 5.94. The molecule has 1 aromatic heterocycles. The Balaban J connectivity index is 1.56. The summed E-state index contributed by atoms with van der Waals surface area (Å²) in [4.78, 5) is 14.4. The summed E-state index contributed by atoms with van der Waals surface area (Å²) in [6.45, 7) is 5.11. The predicted octanol–water partition coefficient (Wildman–Crippen LogP) is 2.57. The van der Waals surface area contributed by atoms with E-state index in [0.29, 0.717) is 30.4 Å². The molecule has 1 fully saturated rings. The van der Waals surface area contributed by atoms with E-state index in [1.165, 1.54) is 7.11 Å². The van der Waals surface area contributed by atoms with Crippen molar-refractivity contribution in [2.45, 2.75) is 32.5 Å². The molecule has 1 amide bonds. The van der Waals surface area contributed by atoms with Crippen molar-refractivity contribution < 1.29 is 19.0 Å². The molecule has 1 aliphatic heterocycles. The van der Waals surface area contributed by atoms with Crippen molar-refractivity contribution in [1.82, 2.24) is 15.1 Å². The molecule has 138 valence electrons. The zero-order chi connectivity index (χ0) is 18.5. The predicted molar refractivity (Wildman–Crippen MR) is 95.7 cm³/mol. The maximum Gasteiger partial charge on any atom is 0.253 e. The second kappa shape index (κ2) is 8.03. The highest BCUT2D eigenvalue weighted by atomic mass is 16.5. The molecular weight excluding hydrogens is 334 g/mol. The number of carbonyl (C=O) groups is 1. The van der Waals surface area contributed by atoms with Crippen molar-refractivity contribution >= 4 is 5.91 Å². The fourth-order valence-corrected chi connectivity index (χ4v) is 2.79. The minimum atomic E-state index is -0.0924. The Morgan fingerprint density at radius 3 is 2.42 bits per heavy atom. The molecule has 1 aromatic carbocycles. The first-order valence-corrected chi connectivity index (χ1v) is 8.65. The Kier molecular flexibility index (Phi) is 5.55. The fraction of sp³-hybridized carbons (Fsp3) is 0.421. The van der Waals surface area contributed by atoms with E-state index in [9.17, 15) is 4.79 Å². The first kappa shape index (κ1) is 18.0. The molecule has 1 atom stereocenters. The first-order valence-electron chi connectivity index (χ1n) is 8.65. The Morgan fingerprint density at radius 2 is 1.81 bits per heavy atom. The van der Waals surface area contributed by atoms with Crippen LogP contribution in [0.15, 0.2) is 36.4 Å². The lowest BCUT2D eigenvalue weighted by Crippen LogP contribution is -2.31. The normalized spacial score (nSPS) is 16.6. The van der Waals surface area contributed by atoms with Gasteiger partial charge in [0.2, 0.25) is 11.8 Å². The highest BCUT2D eigenvalue weighted by Gasteiger charge is 2.28. The lowest BCUT2D eigenvalue weighted by Gasteiger charge is -2.17. The summed E-state index contributed by atoms with van der Waals surface area (Å²) < 4.78 is 16.4. The van der Waals surface area contributed by atoms with Crippen molar-refractivity contribution in [2.75, 3.05) is 20.2 Å². The monoisotopic (exact) mass is 357 g/mol. The molecule has 0 bridgehead atoms. The van der Waals surface area contributed by atoms with Crippen molar-refractivity contribution in [3.63, 3.8) is 0 Å². The number of nitrogens with zero attached hydrogens (tertiary/aromatic N) is 3. The molecule has 0 aliphatic carbocycles. The van der Waals surface area contributed by atoms with Crippen LogP contribution in [0.25, 0.3) is 0 Å². The molecule has 3 rings (SSSR count). The van der Waals surface area contributed by atoms with Gasteiger partial charge in [0.15, 0.2) is 0 Å². The van der Waals surface area contributed by atoms with Crippen molar-refractivity contribution in [2.24, 2.45) is 0 Å². The van der Waals surface area contributed by atoms with Crippen LogP contribution in [-0.2, 0) is 0 Å². The third kappa shape index (κ3) is 4.41. The number of amides is 1. The summed E-state index contributed by atoms with van der Waals surface area (Å²) in [6, 6.07) is 10.6. The number of rotatable bonds is 6. The van der Waals surface area contributed by atoms with Crippen LogP contribution in [0.1, 0.15) is 30.6 Å². The maximum atomic E-state index is 12.6. The average Bonchev–Trinajstić information content (AvgIpc) is 3.10. The molecule has 7 heteroatoms. The third-order valence-electron chi connectivity index (χ3n) is 4.02. The lowest BCUT2D eigenvalue weighted by atomic mass is 10.2. The minimum absolute atomic E-state index is 0.00647. The maximum absolute atomic E-state index is 12.6. The van der Waals surface area contributed by atoms with Gasteiger partial charge >= 0.3 is 0 Å². The van der Waals surface area contributed by atoms with Crippen molar-refractivity contribution in [1.29, 1.82) is 0 Å². The van der Waals surface area contributed by atoms with Gasteiger partial charge in [-0.1, -0.05) is 0 Å². The summed E-state index contributed by atoms with van der Waals surface area (Å²) in [7, 11) is 1.53. The van der Waals surface area contributed by atoms with E-state index < -0.39 is 0 Å². The molecule has 0 saturated carbocycles. The standard InChI is InChI=1S/C19H23N3O4/c1-13(2)25-15-6-4-14(5-7-15)19(23)22-11-10-16(12-22)26-18-9-8-17(24-3)20-21-18/h4-9,13,16H,10-12H2,1-3H3. The van der Waals surface area contributed by atoms with Crippen LogP contribution >= 0.6 is 0 Å². The number of benzene rings is 1. The molecular formula is C19H23N3O4. The lowest BCUT2D eigenvalue weighted by molar-refractivity contribution is 0.0771. The average molecular weight is 357 g/mol. The summed E-state index contributed by atoms with van der Waals surface area (Å²) in [5, 5.41) is 7.84. The topological polar surface area (TPSA) is 73.8 Å². The van der Waals surface area contributed by atoms with Gasteiger partial charge in [-0.15, -0.1) is 10.2 Å². The van der Waals surface area contributed by atoms with Crippen LogP contribution in [0.2, 0.25) is 0 Å². The molecule has 0 spiro atoms. The molecule has 2 aromatic rings. The largest absolute Gasteiger partial charge is 0.491 e.